The van der Waals surface area contributed by atoms with Crippen LogP contribution >= 0.6 is 0 Å². The first-order valence-electron chi connectivity index (χ1n) is 10.8. The summed E-state index contributed by atoms with van der Waals surface area (Å²) in [5.41, 5.74) is 2.94. The number of hydrogen-bond acceptors (Lipinski definition) is 7. The van der Waals surface area contributed by atoms with Crippen LogP contribution in [0.1, 0.15) is 11.3 Å². The summed E-state index contributed by atoms with van der Waals surface area (Å²) >= 11 is 0. The van der Waals surface area contributed by atoms with E-state index >= 15 is 0 Å². The molecular formula is C24H31N5O2. The Kier molecular flexibility index (Phi) is 7.30. The molecule has 164 valence electrons. The second kappa shape index (κ2) is 10.5. The number of aromatic nitrogens is 2. The van der Waals surface area contributed by atoms with Crippen LogP contribution in [0.3, 0.4) is 0 Å². The first-order chi connectivity index (χ1) is 15.2. The Morgan fingerprint density at radius 2 is 1.90 bits per heavy atom. The van der Waals surface area contributed by atoms with E-state index in [-0.39, 0.29) is 0 Å². The van der Waals surface area contributed by atoms with Crippen molar-refractivity contribution in [2.24, 2.45) is 0 Å². The van der Waals surface area contributed by atoms with E-state index < -0.39 is 0 Å². The number of rotatable bonds is 9. The van der Waals surface area contributed by atoms with Crippen molar-refractivity contribution < 1.29 is 9.26 Å². The predicted octanol–water partition coefficient (Wildman–Crippen LogP) is 2.99. The van der Waals surface area contributed by atoms with E-state index in [0.29, 0.717) is 13.2 Å². The Balaban J connectivity index is 1.29. The van der Waals surface area contributed by atoms with Gasteiger partial charge in [0.15, 0.2) is 5.76 Å². The zero-order valence-corrected chi connectivity index (χ0v) is 18.4. The van der Waals surface area contributed by atoms with Crippen LogP contribution in [0.4, 0.5) is 0 Å². The standard InChI is InChI=1S/C24H31N5O2/c1-27-10-12-29(13-11-27)14-15-30-24-8-4-3-6-21(24)18-28(2)19-22-16-23(26-31-22)20-7-5-9-25-17-20/h3-9,16-17H,10-15,18-19H2,1-2H3. The molecule has 1 aliphatic rings. The Morgan fingerprint density at radius 1 is 1.06 bits per heavy atom. The van der Waals surface area contributed by atoms with Crippen molar-refractivity contribution >= 4 is 0 Å². The third-order valence-electron chi connectivity index (χ3n) is 5.62. The fourth-order valence-electron chi connectivity index (χ4n) is 3.78. The van der Waals surface area contributed by atoms with E-state index in [1.54, 1.807) is 12.4 Å². The SMILES string of the molecule is CN1CCN(CCOc2ccccc2CN(C)Cc2cc(-c3cccnc3)no2)CC1. The molecule has 1 aromatic carbocycles. The first kappa shape index (κ1) is 21.5. The molecule has 7 nitrogen and oxygen atoms in total. The highest BCUT2D eigenvalue weighted by Crippen LogP contribution is 2.22. The van der Waals surface area contributed by atoms with Gasteiger partial charge in [0.2, 0.25) is 0 Å². The lowest BCUT2D eigenvalue weighted by atomic mass is 10.2. The van der Waals surface area contributed by atoms with Crippen molar-refractivity contribution in [1.82, 2.24) is 24.8 Å². The summed E-state index contributed by atoms with van der Waals surface area (Å²) in [7, 11) is 4.26. The Morgan fingerprint density at radius 3 is 2.71 bits per heavy atom. The minimum Gasteiger partial charge on any atom is -0.492 e. The number of pyridine rings is 1. The highest BCUT2D eigenvalue weighted by molar-refractivity contribution is 5.57. The summed E-state index contributed by atoms with van der Waals surface area (Å²) in [6, 6.07) is 14.1. The Bertz CT molecular complexity index is 938. The predicted molar refractivity (Wildman–Crippen MR) is 121 cm³/mol. The van der Waals surface area contributed by atoms with E-state index in [9.17, 15) is 0 Å². The summed E-state index contributed by atoms with van der Waals surface area (Å²) in [6.45, 7) is 7.60. The van der Waals surface area contributed by atoms with Crippen molar-refractivity contribution in [2.75, 3.05) is 53.4 Å². The molecule has 1 aliphatic heterocycles. The number of ether oxygens (including phenoxy) is 1. The Hall–Kier alpha value is -2.74. The van der Waals surface area contributed by atoms with Crippen molar-refractivity contribution in [3.63, 3.8) is 0 Å². The molecule has 4 rings (SSSR count). The van der Waals surface area contributed by atoms with Gasteiger partial charge in [-0.1, -0.05) is 23.4 Å². The lowest BCUT2D eigenvalue weighted by molar-refractivity contribution is 0.133. The van der Waals surface area contributed by atoms with E-state index in [4.69, 9.17) is 9.26 Å². The molecule has 0 unspecified atom stereocenters. The first-order valence-corrected chi connectivity index (χ1v) is 10.8. The second-order valence-electron chi connectivity index (χ2n) is 8.19. The molecule has 0 radical (unpaired) electrons. The number of piperazine rings is 1. The highest BCUT2D eigenvalue weighted by Gasteiger charge is 2.14. The molecule has 0 spiro atoms. The molecule has 2 aromatic heterocycles. The van der Waals surface area contributed by atoms with Gasteiger partial charge in [0.25, 0.3) is 0 Å². The molecule has 1 fully saturated rings. The zero-order chi connectivity index (χ0) is 21.5. The molecule has 0 bridgehead atoms. The summed E-state index contributed by atoms with van der Waals surface area (Å²) in [6.07, 6.45) is 3.55. The number of para-hydroxylation sites is 1. The number of hydrogen-bond donors (Lipinski definition) is 0. The number of nitrogens with zero attached hydrogens (tertiary/aromatic N) is 5. The highest BCUT2D eigenvalue weighted by atomic mass is 16.5. The van der Waals surface area contributed by atoms with E-state index in [1.165, 1.54) is 5.56 Å². The van der Waals surface area contributed by atoms with Crippen LogP contribution in [0.2, 0.25) is 0 Å². The molecule has 1 saturated heterocycles. The largest absolute Gasteiger partial charge is 0.492 e. The molecule has 7 heteroatoms. The quantitative estimate of drug-likeness (QED) is 0.526. The molecule has 0 saturated carbocycles. The maximum absolute atomic E-state index is 6.16. The summed E-state index contributed by atoms with van der Waals surface area (Å²) in [5, 5.41) is 4.18. The summed E-state index contributed by atoms with van der Waals surface area (Å²) < 4.78 is 11.7. The maximum Gasteiger partial charge on any atom is 0.151 e. The van der Waals surface area contributed by atoms with Gasteiger partial charge in [0, 0.05) is 68.9 Å². The maximum atomic E-state index is 6.16. The third-order valence-corrected chi connectivity index (χ3v) is 5.62. The van der Waals surface area contributed by atoms with E-state index in [2.05, 4.69) is 57.1 Å². The van der Waals surface area contributed by atoms with Crippen LogP contribution in [0.15, 0.2) is 59.4 Å². The average molecular weight is 422 g/mol. The van der Waals surface area contributed by atoms with Gasteiger partial charge in [-0.15, -0.1) is 0 Å². The molecule has 0 amide bonds. The number of likely N-dealkylation sites (N-methyl/N-ethyl adjacent to an activating group) is 1. The zero-order valence-electron chi connectivity index (χ0n) is 18.4. The van der Waals surface area contributed by atoms with Crippen LogP contribution in [0.5, 0.6) is 5.75 Å². The molecule has 3 aromatic rings. The fourth-order valence-corrected chi connectivity index (χ4v) is 3.78. The van der Waals surface area contributed by atoms with Crippen LogP contribution in [0, 0.1) is 0 Å². The van der Waals surface area contributed by atoms with Crippen LogP contribution < -0.4 is 4.74 Å². The Labute approximate surface area is 184 Å². The smallest absolute Gasteiger partial charge is 0.151 e. The number of benzene rings is 1. The molecule has 0 aliphatic carbocycles. The summed E-state index contributed by atoms with van der Waals surface area (Å²) in [5.74, 6) is 1.78. The van der Waals surface area contributed by atoms with Crippen molar-refractivity contribution in [2.45, 2.75) is 13.1 Å². The van der Waals surface area contributed by atoms with Gasteiger partial charge in [0.1, 0.15) is 18.1 Å². The van der Waals surface area contributed by atoms with Gasteiger partial charge in [-0.05, 0) is 32.3 Å². The van der Waals surface area contributed by atoms with E-state index in [1.807, 2.05) is 24.3 Å². The van der Waals surface area contributed by atoms with Crippen molar-refractivity contribution in [1.29, 1.82) is 0 Å². The van der Waals surface area contributed by atoms with Crippen molar-refractivity contribution in [3.8, 4) is 17.0 Å². The topological polar surface area (TPSA) is 57.9 Å². The molecule has 3 heterocycles. The molecule has 31 heavy (non-hydrogen) atoms. The van der Waals surface area contributed by atoms with Gasteiger partial charge < -0.3 is 14.2 Å². The molecule has 0 atom stereocenters. The van der Waals surface area contributed by atoms with Gasteiger partial charge in [-0.25, -0.2) is 0 Å². The second-order valence-corrected chi connectivity index (χ2v) is 8.19. The summed E-state index contributed by atoms with van der Waals surface area (Å²) in [4.78, 5) is 11.2. The monoisotopic (exact) mass is 421 g/mol. The normalized spacial score (nSPS) is 15.5. The average Bonchev–Trinajstić information content (AvgIpc) is 3.25. The lowest BCUT2D eigenvalue weighted by Gasteiger charge is -2.32. The molecular weight excluding hydrogens is 390 g/mol. The van der Waals surface area contributed by atoms with Crippen LogP contribution in [-0.4, -0.2) is 78.3 Å². The van der Waals surface area contributed by atoms with Crippen LogP contribution in [0.25, 0.3) is 11.3 Å². The third kappa shape index (κ3) is 6.13. The van der Waals surface area contributed by atoms with Crippen molar-refractivity contribution in [3.05, 3.63) is 66.2 Å². The van der Waals surface area contributed by atoms with Crippen LogP contribution in [-0.2, 0) is 13.1 Å². The van der Waals surface area contributed by atoms with E-state index in [0.717, 1.165) is 62.0 Å². The van der Waals surface area contributed by atoms with Gasteiger partial charge in [-0.3, -0.25) is 14.8 Å². The van der Waals surface area contributed by atoms with Gasteiger partial charge in [-0.2, -0.15) is 0 Å². The minimum absolute atomic E-state index is 0.670. The fraction of sp³-hybridized carbons (Fsp3) is 0.417. The minimum atomic E-state index is 0.670. The molecule has 0 N–H and O–H groups in total. The van der Waals surface area contributed by atoms with Gasteiger partial charge in [0.05, 0.1) is 6.54 Å². The van der Waals surface area contributed by atoms with Gasteiger partial charge >= 0.3 is 0 Å². The lowest BCUT2D eigenvalue weighted by Crippen LogP contribution is -2.45.